The molecular weight excluding hydrogens is 286 g/mol. The Kier molecular flexibility index (Phi) is 5.00. The van der Waals surface area contributed by atoms with Crippen molar-refractivity contribution in [3.63, 3.8) is 0 Å². The third kappa shape index (κ3) is 4.54. The highest BCUT2D eigenvalue weighted by Gasteiger charge is 2.20. The van der Waals surface area contributed by atoms with E-state index in [2.05, 4.69) is 36.4 Å². The molecule has 1 aliphatic rings. The minimum Gasteiger partial charge on any atom is -0.396 e. The molecule has 1 heterocycles. The average Bonchev–Trinajstić information content (AvgIpc) is 3.04. The molecule has 2 rings (SSSR count). The van der Waals surface area contributed by atoms with Crippen molar-refractivity contribution in [3.8, 4) is 0 Å². The molecular formula is C15H23N3O2S. The second-order valence-electron chi connectivity index (χ2n) is 6.37. The van der Waals surface area contributed by atoms with Gasteiger partial charge in [0.1, 0.15) is 5.01 Å². The zero-order valence-electron chi connectivity index (χ0n) is 12.7. The van der Waals surface area contributed by atoms with Crippen LogP contribution in [-0.2, 0) is 12.0 Å². The number of hydrogen-bond donors (Lipinski definition) is 3. The van der Waals surface area contributed by atoms with Crippen LogP contribution in [0.3, 0.4) is 0 Å². The Morgan fingerprint density at radius 2 is 2.24 bits per heavy atom. The van der Waals surface area contributed by atoms with Gasteiger partial charge in [0, 0.05) is 29.4 Å². The Morgan fingerprint density at radius 3 is 2.81 bits per heavy atom. The summed E-state index contributed by atoms with van der Waals surface area (Å²) in [5.41, 5.74) is 1.08. The van der Waals surface area contributed by atoms with Crippen LogP contribution in [0.5, 0.6) is 0 Å². The first-order valence-corrected chi connectivity index (χ1v) is 8.05. The lowest BCUT2D eigenvalue weighted by Gasteiger charge is -2.14. The van der Waals surface area contributed by atoms with E-state index in [0.717, 1.165) is 17.1 Å². The fourth-order valence-electron chi connectivity index (χ4n) is 2.13. The predicted molar refractivity (Wildman–Crippen MR) is 84.3 cm³/mol. The summed E-state index contributed by atoms with van der Waals surface area (Å²) in [6.45, 7) is 6.93. The second-order valence-corrected chi connectivity index (χ2v) is 7.32. The van der Waals surface area contributed by atoms with Crippen molar-refractivity contribution in [1.29, 1.82) is 0 Å². The number of aromatic nitrogens is 1. The van der Waals surface area contributed by atoms with E-state index in [1.54, 1.807) is 11.3 Å². The van der Waals surface area contributed by atoms with Gasteiger partial charge in [-0.05, 0) is 6.42 Å². The zero-order valence-corrected chi connectivity index (χ0v) is 13.5. The summed E-state index contributed by atoms with van der Waals surface area (Å²) in [7, 11) is 0. The van der Waals surface area contributed by atoms with Crippen LogP contribution in [0.25, 0.3) is 0 Å². The van der Waals surface area contributed by atoms with Crippen molar-refractivity contribution >= 4 is 17.4 Å². The maximum Gasteiger partial charge on any atom is 0.315 e. The Balaban J connectivity index is 1.77. The van der Waals surface area contributed by atoms with E-state index in [4.69, 9.17) is 5.11 Å². The minimum absolute atomic E-state index is 0.00332. The first-order valence-electron chi connectivity index (χ1n) is 7.17. The molecule has 0 saturated heterocycles. The monoisotopic (exact) mass is 309 g/mol. The van der Waals surface area contributed by atoms with Gasteiger partial charge in [0.2, 0.25) is 0 Å². The molecule has 5 nitrogen and oxygen atoms in total. The molecule has 1 aromatic rings. The topological polar surface area (TPSA) is 74.2 Å². The highest BCUT2D eigenvalue weighted by Crippen LogP contribution is 2.23. The van der Waals surface area contributed by atoms with Crippen LogP contribution in [0.4, 0.5) is 4.79 Å². The van der Waals surface area contributed by atoms with Gasteiger partial charge in [0.15, 0.2) is 0 Å². The van der Waals surface area contributed by atoms with Crippen LogP contribution in [0.1, 0.15) is 37.9 Å². The van der Waals surface area contributed by atoms with Gasteiger partial charge in [-0.15, -0.1) is 11.3 Å². The number of carbonyl (C=O) groups is 1. The molecule has 6 heteroatoms. The van der Waals surface area contributed by atoms with E-state index in [9.17, 15) is 4.79 Å². The number of rotatable bonds is 4. The van der Waals surface area contributed by atoms with E-state index < -0.39 is 0 Å². The summed E-state index contributed by atoms with van der Waals surface area (Å²) in [6.07, 6.45) is 4.64. The normalized spacial score (nSPS) is 21.5. The molecule has 0 bridgehead atoms. The Hall–Kier alpha value is -1.40. The SMILES string of the molecule is CC(C)(C)c1csc(CNC(=O)N[C@@H]2C=C[C@H](CO)C2)n1. The fourth-order valence-corrected chi connectivity index (χ4v) is 3.09. The number of amides is 2. The first kappa shape index (κ1) is 16.0. The molecule has 0 spiro atoms. The first-order chi connectivity index (χ1) is 9.88. The predicted octanol–water partition coefficient (Wildman–Crippen LogP) is 2.18. The van der Waals surface area contributed by atoms with Crippen molar-refractivity contribution in [2.24, 2.45) is 5.92 Å². The fraction of sp³-hybridized carbons (Fsp3) is 0.600. The zero-order chi connectivity index (χ0) is 15.5. The summed E-state index contributed by atoms with van der Waals surface area (Å²) in [6, 6.07) is -0.195. The van der Waals surface area contributed by atoms with Crippen LogP contribution >= 0.6 is 11.3 Å². The van der Waals surface area contributed by atoms with Crippen LogP contribution in [-0.4, -0.2) is 28.8 Å². The Bertz CT molecular complexity index is 519. The number of carbonyl (C=O) groups excluding carboxylic acids is 1. The molecule has 2 amide bonds. The van der Waals surface area contributed by atoms with Crippen LogP contribution in [0, 0.1) is 5.92 Å². The summed E-state index contributed by atoms with van der Waals surface area (Å²) in [4.78, 5) is 16.4. The molecule has 0 radical (unpaired) electrons. The van der Waals surface area contributed by atoms with Gasteiger partial charge in [0.05, 0.1) is 12.2 Å². The van der Waals surface area contributed by atoms with E-state index in [-0.39, 0.29) is 30.0 Å². The molecule has 0 aliphatic heterocycles. The molecule has 0 unspecified atom stereocenters. The molecule has 1 aliphatic carbocycles. The van der Waals surface area contributed by atoms with E-state index >= 15 is 0 Å². The summed E-state index contributed by atoms with van der Waals surface area (Å²) in [5.74, 6) is 0.156. The van der Waals surface area contributed by atoms with E-state index in [0.29, 0.717) is 6.54 Å². The summed E-state index contributed by atoms with van der Waals surface area (Å²) >= 11 is 1.56. The van der Waals surface area contributed by atoms with Gasteiger partial charge in [-0.2, -0.15) is 0 Å². The second kappa shape index (κ2) is 6.58. The summed E-state index contributed by atoms with van der Waals surface area (Å²) < 4.78 is 0. The van der Waals surface area contributed by atoms with Gasteiger partial charge in [-0.3, -0.25) is 0 Å². The van der Waals surface area contributed by atoms with Crippen LogP contribution < -0.4 is 10.6 Å². The molecule has 1 aromatic heterocycles. The lowest BCUT2D eigenvalue weighted by Crippen LogP contribution is -2.40. The van der Waals surface area contributed by atoms with E-state index in [1.807, 2.05) is 17.5 Å². The highest BCUT2D eigenvalue weighted by atomic mass is 32.1. The number of nitrogens with one attached hydrogen (secondary N) is 2. The summed E-state index contributed by atoms with van der Waals surface area (Å²) in [5, 5.41) is 17.7. The van der Waals surface area contributed by atoms with Crippen molar-refractivity contribution in [1.82, 2.24) is 15.6 Å². The number of urea groups is 1. The largest absolute Gasteiger partial charge is 0.396 e. The average molecular weight is 309 g/mol. The Labute approximate surface area is 129 Å². The maximum atomic E-state index is 11.8. The van der Waals surface area contributed by atoms with E-state index in [1.165, 1.54) is 0 Å². The number of nitrogens with zero attached hydrogens (tertiary/aromatic N) is 1. The lowest BCUT2D eigenvalue weighted by atomic mass is 9.93. The molecule has 0 aromatic carbocycles. The standard InChI is InChI=1S/C15H23N3O2S/c1-15(2,3)12-9-21-13(18-12)7-16-14(20)17-11-5-4-10(6-11)8-19/h4-5,9-11,19H,6-8H2,1-3H3,(H2,16,17,20)/t10-,11+/m0/s1. The lowest BCUT2D eigenvalue weighted by molar-refractivity contribution is 0.231. The van der Waals surface area contributed by atoms with Gasteiger partial charge in [0.25, 0.3) is 0 Å². The molecule has 116 valence electrons. The molecule has 0 saturated carbocycles. The quantitative estimate of drug-likeness (QED) is 0.746. The van der Waals surface area contributed by atoms with Gasteiger partial charge in [-0.25, -0.2) is 9.78 Å². The van der Waals surface area contributed by atoms with Crippen molar-refractivity contribution < 1.29 is 9.90 Å². The van der Waals surface area contributed by atoms with Gasteiger partial charge in [-0.1, -0.05) is 32.9 Å². The van der Waals surface area contributed by atoms with Crippen molar-refractivity contribution in [3.05, 3.63) is 28.2 Å². The third-order valence-electron chi connectivity index (χ3n) is 3.44. The molecule has 0 fully saturated rings. The highest BCUT2D eigenvalue weighted by molar-refractivity contribution is 7.09. The molecule has 21 heavy (non-hydrogen) atoms. The maximum absolute atomic E-state index is 11.8. The van der Waals surface area contributed by atoms with Crippen molar-refractivity contribution in [2.75, 3.05) is 6.61 Å². The number of hydrogen-bond acceptors (Lipinski definition) is 4. The van der Waals surface area contributed by atoms with Crippen LogP contribution in [0.15, 0.2) is 17.5 Å². The molecule has 2 atom stereocenters. The smallest absolute Gasteiger partial charge is 0.315 e. The minimum atomic E-state index is -0.198. The van der Waals surface area contributed by atoms with Crippen molar-refractivity contribution in [2.45, 2.75) is 45.2 Å². The third-order valence-corrected chi connectivity index (χ3v) is 4.29. The van der Waals surface area contributed by atoms with Gasteiger partial charge >= 0.3 is 6.03 Å². The Morgan fingerprint density at radius 1 is 1.48 bits per heavy atom. The van der Waals surface area contributed by atoms with Gasteiger partial charge < -0.3 is 15.7 Å². The van der Waals surface area contributed by atoms with Crippen LogP contribution in [0.2, 0.25) is 0 Å². The number of thiazole rings is 1. The number of aliphatic hydroxyl groups excluding tert-OH is 1. The number of aliphatic hydroxyl groups is 1. The molecule has 3 N–H and O–H groups in total.